The van der Waals surface area contributed by atoms with Crippen LogP contribution in [0.4, 0.5) is 0 Å². The molecular formula is C13H27NO3Si. The lowest BCUT2D eigenvalue weighted by atomic mass is 10.1. The molecule has 1 aliphatic rings. The van der Waals surface area contributed by atoms with E-state index in [0.717, 1.165) is 12.8 Å². The van der Waals surface area contributed by atoms with Crippen molar-refractivity contribution in [3.05, 3.63) is 0 Å². The van der Waals surface area contributed by atoms with Crippen LogP contribution in [0.2, 0.25) is 18.1 Å². The Morgan fingerprint density at radius 3 is 2.11 bits per heavy atom. The number of nitrogens with zero attached hydrogens (tertiary/aromatic N) is 1. The Kier molecular flexibility index (Phi) is 4.02. The molecule has 0 spiro atoms. The van der Waals surface area contributed by atoms with Crippen LogP contribution in [0.15, 0.2) is 0 Å². The highest BCUT2D eigenvalue weighted by Gasteiger charge is 2.63. The Morgan fingerprint density at radius 2 is 1.83 bits per heavy atom. The lowest BCUT2D eigenvalue weighted by molar-refractivity contribution is -0.177. The van der Waals surface area contributed by atoms with Gasteiger partial charge in [0.25, 0.3) is 5.91 Å². The van der Waals surface area contributed by atoms with E-state index in [1.807, 2.05) is 0 Å². The summed E-state index contributed by atoms with van der Waals surface area (Å²) in [5.41, 5.74) is -1.11. The van der Waals surface area contributed by atoms with Gasteiger partial charge in [0.1, 0.15) is 0 Å². The van der Waals surface area contributed by atoms with Crippen LogP contribution in [-0.2, 0) is 9.63 Å². The number of hydroxylamine groups is 2. The van der Waals surface area contributed by atoms with Crippen LogP contribution in [0, 0.1) is 5.41 Å². The molecule has 1 fully saturated rings. The number of carbonyl (C=O) groups excluding carboxylic acids is 1. The lowest BCUT2D eigenvalue weighted by Crippen LogP contribution is -2.57. The van der Waals surface area contributed by atoms with Gasteiger partial charge in [-0.1, -0.05) is 33.9 Å². The van der Waals surface area contributed by atoms with Crippen LogP contribution in [0.25, 0.3) is 0 Å². The highest BCUT2D eigenvalue weighted by atomic mass is 28.3. The van der Waals surface area contributed by atoms with Gasteiger partial charge in [-0.05, 0) is 17.9 Å². The Hall–Kier alpha value is -0.393. The predicted molar refractivity (Wildman–Crippen MR) is 74.6 cm³/mol. The molecule has 0 saturated heterocycles. The van der Waals surface area contributed by atoms with Crippen molar-refractivity contribution in [1.29, 1.82) is 0 Å². The summed E-state index contributed by atoms with van der Waals surface area (Å²) >= 11 is 0. The van der Waals surface area contributed by atoms with Crippen molar-refractivity contribution >= 4 is 14.0 Å². The third-order valence-corrected chi connectivity index (χ3v) is 10.7. The largest absolute Gasteiger partial charge is 0.395 e. The van der Waals surface area contributed by atoms with Crippen LogP contribution in [0.1, 0.15) is 33.6 Å². The van der Waals surface area contributed by atoms with Crippen molar-refractivity contribution in [2.45, 2.75) is 57.5 Å². The normalized spacial score (nSPS) is 20.4. The Morgan fingerprint density at radius 1 is 1.39 bits per heavy atom. The summed E-state index contributed by atoms with van der Waals surface area (Å²) in [6, 6.07) is 0. The van der Waals surface area contributed by atoms with Crippen molar-refractivity contribution in [1.82, 2.24) is 5.06 Å². The molecule has 1 unspecified atom stereocenters. The molecular weight excluding hydrogens is 246 g/mol. The van der Waals surface area contributed by atoms with Crippen molar-refractivity contribution in [3.8, 4) is 0 Å². The number of aliphatic hydroxyl groups excluding tert-OH is 1. The molecule has 0 radical (unpaired) electrons. The van der Waals surface area contributed by atoms with Crippen LogP contribution in [0.5, 0.6) is 0 Å². The van der Waals surface area contributed by atoms with Crippen molar-refractivity contribution in [2.24, 2.45) is 5.41 Å². The summed E-state index contributed by atoms with van der Waals surface area (Å²) in [7, 11) is 1.14. The monoisotopic (exact) mass is 273 g/mol. The molecule has 0 aromatic heterocycles. The van der Waals surface area contributed by atoms with Gasteiger partial charge >= 0.3 is 0 Å². The molecule has 18 heavy (non-hydrogen) atoms. The van der Waals surface area contributed by atoms with Crippen molar-refractivity contribution in [3.63, 3.8) is 0 Å². The highest BCUT2D eigenvalue weighted by molar-refractivity contribution is 6.81. The summed E-state index contributed by atoms with van der Waals surface area (Å²) in [6.07, 6.45) is 1.54. The smallest absolute Gasteiger partial charge is 0.254 e. The minimum Gasteiger partial charge on any atom is -0.395 e. The van der Waals surface area contributed by atoms with Gasteiger partial charge in [-0.2, -0.15) is 0 Å². The van der Waals surface area contributed by atoms with Crippen molar-refractivity contribution < 1.29 is 14.7 Å². The van der Waals surface area contributed by atoms with E-state index in [-0.39, 0.29) is 10.9 Å². The van der Waals surface area contributed by atoms with E-state index in [0.29, 0.717) is 0 Å². The zero-order valence-electron chi connectivity index (χ0n) is 12.7. The van der Waals surface area contributed by atoms with Gasteiger partial charge in [0.15, 0.2) is 0 Å². The fourth-order valence-electron chi connectivity index (χ4n) is 2.24. The third kappa shape index (κ3) is 2.35. The summed E-state index contributed by atoms with van der Waals surface area (Å²) in [5.74, 6) is -0.0812. The van der Waals surface area contributed by atoms with Gasteiger partial charge in [-0.25, -0.2) is 5.06 Å². The standard InChI is InChI=1S/C13H27NO3Si/c1-12(2,3)18(6,7)11(16)13(8-9-13)10(15)14(4)17-5/h11,16H,8-9H2,1-7H3. The molecule has 1 N–H and O–H groups in total. The first-order valence-electron chi connectivity index (χ1n) is 6.51. The number of hydrogen-bond donors (Lipinski definition) is 1. The average Bonchev–Trinajstić information content (AvgIpc) is 3.05. The van der Waals surface area contributed by atoms with Crippen LogP contribution < -0.4 is 0 Å². The molecule has 1 saturated carbocycles. The maximum atomic E-state index is 12.3. The molecule has 0 aromatic carbocycles. The highest BCUT2D eigenvalue weighted by Crippen LogP contribution is 2.55. The zero-order chi connectivity index (χ0) is 14.4. The van der Waals surface area contributed by atoms with Gasteiger partial charge < -0.3 is 5.11 Å². The fourth-order valence-corrected chi connectivity index (χ4v) is 4.85. The number of rotatable bonds is 4. The fraction of sp³-hybridized carbons (Fsp3) is 0.923. The van der Waals surface area contributed by atoms with Gasteiger partial charge in [-0.3, -0.25) is 9.63 Å². The third-order valence-electron chi connectivity index (χ3n) is 4.91. The molecule has 1 amide bonds. The van der Waals surface area contributed by atoms with Crippen LogP contribution in [0.3, 0.4) is 0 Å². The first kappa shape index (κ1) is 15.7. The molecule has 0 bridgehead atoms. The van der Waals surface area contributed by atoms with Crippen LogP contribution >= 0.6 is 0 Å². The van der Waals surface area contributed by atoms with E-state index >= 15 is 0 Å². The second-order valence-corrected chi connectivity index (χ2v) is 12.5. The molecule has 1 aliphatic carbocycles. The Bertz CT molecular complexity index is 332. The van der Waals surface area contributed by atoms with Crippen LogP contribution in [-0.4, -0.2) is 44.0 Å². The minimum absolute atomic E-state index is 0.0634. The lowest BCUT2D eigenvalue weighted by Gasteiger charge is -2.44. The molecule has 1 atom stereocenters. The van der Waals surface area contributed by atoms with Gasteiger partial charge in [0.05, 0.1) is 26.3 Å². The molecule has 0 aromatic rings. The molecule has 1 rings (SSSR count). The quantitative estimate of drug-likeness (QED) is 0.631. The number of carbonyl (C=O) groups is 1. The van der Waals surface area contributed by atoms with E-state index in [1.54, 1.807) is 7.05 Å². The summed E-state index contributed by atoms with van der Waals surface area (Å²) < 4.78 is 0. The van der Waals surface area contributed by atoms with E-state index < -0.39 is 19.2 Å². The second-order valence-electron chi connectivity index (χ2n) is 7.02. The zero-order valence-corrected chi connectivity index (χ0v) is 13.7. The van der Waals surface area contributed by atoms with Gasteiger partial charge in [0.2, 0.25) is 0 Å². The van der Waals surface area contributed by atoms with Gasteiger partial charge in [0, 0.05) is 7.05 Å². The summed E-state index contributed by atoms with van der Waals surface area (Å²) in [5, 5.41) is 12.1. The van der Waals surface area contributed by atoms with Gasteiger partial charge in [-0.15, -0.1) is 0 Å². The maximum Gasteiger partial charge on any atom is 0.254 e. The predicted octanol–water partition coefficient (Wildman–Crippen LogP) is 2.19. The van der Waals surface area contributed by atoms with E-state index in [4.69, 9.17) is 4.84 Å². The van der Waals surface area contributed by atoms with E-state index in [9.17, 15) is 9.90 Å². The maximum absolute atomic E-state index is 12.3. The first-order valence-corrected chi connectivity index (χ1v) is 9.59. The SMILES string of the molecule is CON(C)C(=O)C1(C(O)[Si](C)(C)C(C)(C)C)CC1. The summed E-state index contributed by atoms with van der Waals surface area (Å²) in [6.45, 7) is 10.8. The number of hydrogen-bond acceptors (Lipinski definition) is 3. The van der Waals surface area contributed by atoms with E-state index in [2.05, 4.69) is 33.9 Å². The second kappa shape index (κ2) is 4.61. The molecule has 0 heterocycles. The minimum atomic E-state index is -1.95. The van der Waals surface area contributed by atoms with Crippen molar-refractivity contribution in [2.75, 3.05) is 14.2 Å². The Labute approximate surface area is 111 Å². The average molecular weight is 273 g/mol. The molecule has 0 aliphatic heterocycles. The molecule has 106 valence electrons. The Balaban J connectivity index is 2.97. The molecule has 4 nitrogen and oxygen atoms in total. The molecule has 5 heteroatoms. The first-order chi connectivity index (χ1) is 8.00. The number of amides is 1. The van der Waals surface area contributed by atoms with E-state index in [1.165, 1.54) is 12.2 Å². The number of aliphatic hydroxyl groups is 1. The topological polar surface area (TPSA) is 49.8 Å². The summed E-state index contributed by atoms with van der Waals surface area (Å²) in [4.78, 5) is 17.3.